The summed E-state index contributed by atoms with van der Waals surface area (Å²) in [5.41, 5.74) is 2.58. The van der Waals surface area contributed by atoms with Gasteiger partial charge in [0.15, 0.2) is 0 Å². The number of fused-ring (bicyclic) bond motifs is 1. The van der Waals surface area contributed by atoms with Gasteiger partial charge in [-0.3, -0.25) is 9.59 Å². The molecule has 1 aromatic heterocycles. The van der Waals surface area contributed by atoms with Gasteiger partial charge in [0.2, 0.25) is 11.8 Å². The summed E-state index contributed by atoms with van der Waals surface area (Å²) in [6.45, 7) is -0.0669. The largest absolute Gasteiger partial charge is 0.361 e. The van der Waals surface area contributed by atoms with E-state index in [1.165, 1.54) is 0 Å². The van der Waals surface area contributed by atoms with Gasteiger partial charge in [-0.25, -0.2) is 0 Å². The lowest BCUT2D eigenvalue weighted by molar-refractivity contribution is -0.123. The van der Waals surface area contributed by atoms with Gasteiger partial charge in [0.05, 0.1) is 18.7 Å². The second-order valence-corrected chi connectivity index (χ2v) is 6.20. The highest BCUT2D eigenvalue weighted by molar-refractivity contribution is 9.10. The van der Waals surface area contributed by atoms with E-state index >= 15 is 0 Å². The molecule has 3 N–H and O–H groups in total. The molecule has 0 spiro atoms. The quantitative estimate of drug-likeness (QED) is 0.630. The first kappa shape index (κ1) is 16.3. The van der Waals surface area contributed by atoms with E-state index in [0.29, 0.717) is 5.69 Å². The fourth-order valence-corrected chi connectivity index (χ4v) is 2.83. The Morgan fingerprint density at radius 3 is 2.58 bits per heavy atom. The maximum Gasteiger partial charge on any atom is 0.243 e. The van der Waals surface area contributed by atoms with Crippen LogP contribution in [0.25, 0.3) is 10.9 Å². The van der Waals surface area contributed by atoms with Gasteiger partial charge in [0.1, 0.15) is 0 Å². The normalized spacial score (nSPS) is 10.5. The highest BCUT2D eigenvalue weighted by Gasteiger charge is 2.10. The molecule has 6 heteroatoms. The van der Waals surface area contributed by atoms with E-state index in [-0.39, 0.29) is 24.8 Å². The lowest BCUT2D eigenvalue weighted by atomic mass is 10.1. The molecular formula is C18H16BrN3O2. The van der Waals surface area contributed by atoms with Crippen LogP contribution in [0, 0.1) is 0 Å². The molecular weight excluding hydrogens is 370 g/mol. The third kappa shape index (κ3) is 3.83. The van der Waals surface area contributed by atoms with Crippen LogP contribution in [0.2, 0.25) is 0 Å². The van der Waals surface area contributed by atoms with Crippen molar-refractivity contribution >= 4 is 44.3 Å². The standard InChI is InChI=1S/C18H16BrN3O2/c19-14-6-2-4-8-16(14)22-18(24)11-21-17(23)9-12-10-20-15-7-3-1-5-13(12)15/h1-8,10,20H,9,11H2,(H,21,23)(H,22,24). The van der Waals surface area contributed by atoms with Crippen molar-refractivity contribution in [2.24, 2.45) is 0 Å². The van der Waals surface area contributed by atoms with Gasteiger partial charge < -0.3 is 15.6 Å². The number of aromatic nitrogens is 1. The van der Waals surface area contributed by atoms with Gasteiger partial charge in [-0.05, 0) is 39.7 Å². The van der Waals surface area contributed by atoms with Gasteiger partial charge in [0.25, 0.3) is 0 Å². The van der Waals surface area contributed by atoms with E-state index in [4.69, 9.17) is 0 Å². The summed E-state index contributed by atoms with van der Waals surface area (Å²) in [6.07, 6.45) is 2.05. The summed E-state index contributed by atoms with van der Waals surface area (Å²) in [4.78, 5) is 27.1. The topological polar surface area (TPSA) is 74.0 Å². The summed E-state index contributed by atoms with van der Waals surface area (Å²) in [6, 6.07) is 15.1. The van der Waals surface area contributed by atoms with Crippen molar-refractivity contribution in [2.75, 3.05) is 11.9 Å². The van der Waals surface area contributed by atoms with Crippen molar-refractivity contribution < 1.29 is 9.59 Å². The van der Waals surface area contributed by atoms with Crippen LogP contribution < -0.4 is 10.6 Å². The number of hydrogen-bond acceptors (Lipinski definition) is 2. The number of rotatable bonds is 5. The Balaban J connectivity index is 1.54. The third-order valence-electron chi connectivity index (χ3n) is 3.62. The third-order valence-corrected chi connectivity index (χ3v) is 4.31. The second kappa shape index (κ2) is 7.31. The molecule has 2 amide bonds. The highest BCUT2D eigenvalue weighted by Crippen LogP contribution is 2.21. The number of carbonyl (C=O) groups excluding carboxylic acids is 2. The number of carbonyl (C=O) groups is 2. The lowest BCUT2D eigenvalue weighted by Crippen LogP contribution is -2.33. The molecule has 24 heavy (non-hydrogen) atoms. The van der Waals surface area contributed by atoms with Crippen molar-refractivity contribution in [3.63, 3.8) is 0 Å². The Morgan fingerprint density at radius 2 is 1.75 bits per heavy atom. The Kier molecular flexibility index (Phi) is 4.96. The van der Waals surface area contributed by atoms with E-state index < -0.39 is 0 Å². The van der Waals surface area contributed by atoms with Gasteiger partial charge in [-0.15, -0.1) is 0 Å². The van der Waals surface area contributed by atoms with Crippen molar-refractivity contribution in [3.05, 3.63) is 64.8 Å². The molecule has 0 aliphatic rings. The van der Waals surface area contributed by atoms with Crippen molar-refractivity contribution in [1.82, 2.24) is 10.3 Å². The first-order valence-corrected chi connectivity index (χ1v) is 8.29. The smallest absolute Gasteiger partial charge is 0.243 e. The number of nitrogens with one attached hydrogen (secondary N) is 3. The summed E-state index contributed by atoms with van der Waals surface area (Å²) in [5, 5.41) is 6.41. The Labute approximate surface area is 147 Å². The van der Waals surface area contributed by atoms with Gasteiger partial charge in [-0.1, -0.05) is 30.3 Å². The lowest BCUT2D eigenvalue weighted by Gasteiger charge is -2.08. The van der Waals surface area contributed by atoms with Gasteiger partial charge in [-0.2, -0.15) is 0 Å². The number of anilines is 1. The van der Waals surface area contributed by atoms with Gasteiger partial charge in [0, 0.05) is 21.6 Å². The number of benzene rings is 2. The fraction of sp³-hybridized carbons (Fsp3) is 0.111. The summed E-state index contributed by atoms with van der Waals surface area (Å²) < 4.78 is 0.795. The van der Waals surface area contributed by atoms with Crippen LogP contribution in [0.3, 0.4) is 0 Å². The maximum absolute atomic E-state index is 12.1. The molecule has 0 radical (unpaired) electrons. The zero-order valence-electron chi connectivity index (χ0n) is 12.8. The van der Waals surface area contributed by atoms with Crippen LogP contribution in [0.5, 0.6) is 0 Å². The number of hydrogen-bond donors (Lipinski definition) is 3. The summed E-state index contributed by atoms with van der Waals surface area (Å²) in [5.74, 6) is -0.462. The Morgan fingerprint density at radius 1 is 1.00 bits per heavy atom. The van der Waals surface area contributed by atoms with Crippen molar-refractivity contribution in [3.8, 4) is 0 Å². The van der Waals surface area contributed by atoms with E-state index in [9.17, 15) is 9.59 Å². The monoisotopic (exact) mass is 385 g/mol. The molecule has 0 saturated carbocycles. The van der Waals surface area contributed by atoms with E-state index in [2.05, 4.69) is 31.5 Å². The highest BCUT2D eigenvalue weighted by atomic mass is 79.9. The predicted octanol–water partition coefficient (Wildman–Crippen LogP) is 3.23. The van der Waals surface area contributed by atoms with Crippen molar-refractivity contribution in [2.45, 2.75) is 6.42 Å². The minimum atomic E-state index is -0.269. The molecule has 0 aliphatic heterocycles. The van der Waals surface area contributed by atoms with Gasteiger partial charge >= 0.3 is 0 Å². The Bertz CT molecular complexity index is 889. The van der Waals surface area contributed by atoms with Crippen LogP contribution in [0.15, 0.2) is 59.2 Å². The molecule has 3 aromatic rings. The molecule has 1 heterocycles. The number of para-hydroxylation sites is 2. The van der Waals surface area contributed by atoms with Crippen LogP contribution >= 0.6 is 15.9 Å². The second-order valence-electron chi connectivity index (χ2n) is 5.34. The predicted molar refractivity (Wildman–Crippen MR) is 97.8 cm³/mol. The minimum Gasteiger partial charge on any atom is -0.361 e. The van der Waals surface area contributed by atoms with E-state index in [0.717, 1.165) is 20.9 Å². The van der Waals surface area contributed by atoms with Crippen LogP contribution in [0.1, 0.15) is 5.56 Å². The first-order valence-electron chi connectivity index (χ1n) is 7.49. The summed E-state index contributed by atoms with van der Waals surface area (Å²) >= 11 is 3.36. The molecule has 2 aromatic carbocycles. The summed E-state index contributed by atoms with van der Waals surface area (Å²) in [7, 11) is 0. The van der Waals surface area contributed by atoms with Crippen LogP contribution in [-0.2, 0) is 16.0 Å². The molecule has 0 aliphatic carbocycles. The average Bonchev–Trinajstić information content (AvgIpc) is 2.98. The molecule has 3 rings (SSSR count). The molecule has 0 fully saturated rings. The van der Waals surface area contributed by atoms with Crippen molar-refractivity contribution in [1.29, 1.82) is 0 Å². The van der Waals surface area contributed by atoms with Crippen LogP contribution in [-0.4, -0.2) is 23.3 Å². The van der Waals surface area contributed by atoms with E-state index in [1.54, 1.807) is 6.07 Å². The average molecular weight is 386 g/mol. The van der Waals surface area contributed by atoms with E-state index in [1.807, 2.05) is 48.7 Å². The number of aromatic amines is 1. The molecule has 0 atom stereocenters. The number of halogens is 1. The molecule has 5 nitrogen and oxygen atoms in total. The zero-order valence-corrected chi connectivity index (χ0v) is 14.4. The minimum absolute atomic E-state index is 0.0669. The SMILES string of the molecule is O=C(Cc1c[nH]c2ccccc12)NCC(=O)Nc1ccccc1Br. The maximum atomic E-state index is 12.1. The first-order chi connectivity index (χ1) is 11.6. The molecule has 122 valence electrons. The molecule has 0 unspecified atom stereocenters. The Hall–Kier alpha value is -2.60. The fourth-order valence-electron chi connectivity index (χ4n) is 2.45. The molecule has 0 saturated heterocycles. The number of amides is 2. The van der Waals surface area contributed by atoms with Crippen LogP contribution in [0.4, 0.5) is 5.69 Å². The zero-order chi connectivity index (χ0) is 16.9. The number of H-pyrrole nitrogens is 1. The molecule has 0 bridgehead atoms.